The molecule has 0 fully saturated rings. The quantitative estimate of drug-likeness (QED) is 0.759. The van der Waals surface area contributed by atoms with E-state index in [0.29, 0.717) is 13.0 Å². The van der Waals surface area contributed by atoms with Crippen LogP contribution in [0.15, 0.2) is 18.2 Å². The highest BCUT2D eigenvalue weighted by Crippen LogP contribution is 2.09. The molecule has 0 radical (unpaired) electrons. The molecule has 0 saturated carbocycles. The second-order valence-electron chi connectivity index (χ2n) is 5.08. The number of benzene rings is 1. The Morgan fingerprint density at radius 1 is 1.28 bits per heavy atom. The average Bonchev–Trinajstić information content (AvgIpc) is 2.28. The minimum Gasteiger partial charge on any atom is -0.354 e. The van der Waals surface area contributed by atoms with Gasteiger partial charge < -0.3 is 10.6 Å². The number of nitrogens with one attached hydrogen (secondary N) is 2. The first kappa shape index (κ1) is 14.7. The molecule has 0 atom stereocenters. The molecule has 3 nitrogen and oxygen atoms in total. The van der Waals surface area contributed by atoms with Crippen molar-refractivity contribution in [3.8, 4) is 0 Å². The minimum atomic E-state index is 0.110. The molecule has 1 aromatic rings. The van der Waals surface area contributed by atoms with Crippen molar-refractivity contribution in [3.63, 3.8) is 0 Å². The Labute approximate surface area is 110 Å². The van der Waals surface area contributed by atoms with E-state index >= 15 is 0 Å². The summed E-state index contributed by atoms with van der Waals surface area (Å²) in [6.07, 6.45) is 0.531. The second kappa shape index (κ2) is 7.17. The van der Waals surface area contributed by atoms with Crippen LogP contribution in [0.1, 0.15) is 37.0 Å². The lowest BCUT2D eigenvalue weighted by Crippen LogP contribution is -2.32. The van der Waals surface area contributed by atoms with Gasteiger partial charge in [0.25, 0.3) is 0 Å². The van der Waals surface area contributed by atoms with E-state index in [0.717, 1.165) is 6.54 Å². The predicted molar refractivity (Wildman–Crippen MR) is 75.5 cm³/mol. The molecule has 1 rings (SSSR count). The molecule has 3 heteroatoms. The normalized spacial score (nSPS) is 10.7. The average molecular weight is 248 g/mol. The topological polar surface area (TPSA) is 41.1 Å². The summed E-state index contributed by atoms with van der Waals surface area (Å²) in [4.78, 5) is 11.4. The van der Waals surface area contributed by atoms with Gasteiger partial charge >= 0.3 is 0 Å². The first-order valence-electron chi connectivity index (χ1n) is 6.55. The van der Waals surface area contributed by atoms with E-state index < -0.39 is 0 Å². The van der Waals surface area contributed by atoms with Crippen molar-refractivity contribution in [2.75, 3.05) is 6.54 Å². The van der Waals surface area contributed by atoms with Gasteiger partial charge in [0.1, 0.15) is 0 Å². The smallest absolute Gasteiger partial charge is 0.221 e. The second-order valence-corrected chi connectivity index (χ2v) is 5.08. The standard InChI is InChI=1S/C15H24N2O/c1-11(2)17-15(18)7-8-16-10-14-9-12(3)5-6-13(14)4/h5-6,9,11,16H,7-8,10H2,1-4H3,(H,17,18). The lowest BCUT2D eigenvalue weighted by atomic mass is 10.1. The number of amides is 1. The van der Waals surface area contributed by atoms with Crippen molar-refractivity contribution >= 4 is 5.91 Å². The van der Waals surface area contributed by atoms with Gasteiger partial charge in [-0.3, -0.25) is 4.79 Å². The number of rotatable bonds is 6. The number of hydrogen-bond donors (Lipinski definition) is 2. The van der Waals surface area contributed by atoms with Crippen molar-refractivity contribution in [1.29, 1.82) is 0 Å². The van der Waals surface area contributed by atoms with Crippen molar-refractivity contribution in [3.05, 3.63) is 34.9 Å². The van der Waals surface area contributed by atoms with Crippen LogP contribution in [0.3, 0.4) is 0 Å². The summed E-state index contributed by atoms with van der Waals surface area (Å²) in [7, 11) is 0. The van der Waals surface area contributed by atoms with E-state index in [1.54, 1.807) is 0 Å². The van der Waals surface area contributed by atoms with Crippen LogP contribution >= 0.6 is 0 Å². The van der Waals surface area contributed by atoms with Gasteiger partial charge in [-0.05, 0) is 38.8 Å². The van der Waals surface area contributed by atoms with Crippen molar-refractivity contribution in [1.82, 2.24) is 10.6 Å². The largest absolute Gasteiger partial charge is 0.354 e. The Morgan fingerprint density at radius 3 is 2.67 bits per heavy atom. The maximum Gasteiger partial charge on any atom is 0.221 e. The highest BCUT2D eigenvalue weighted by molar-refractivity contribution is 5.76. The van der Waals surface area contributed by atoms with E-state index in [4.69, 9.17) is 0 Å². The molecular formula is C15H24N2O. The SMILES string of the molecule is Cc1ccc(C)c(CNCCC(=O)NC(C)C)c1. The molecule has 0 heterocycles. The van der Waals surface area contributed by atoms with Gasteiger partial charge in [0.15, 0.2) is 0 Å². The zero-order chi connectivity index (χ0) is 13.5. The molecule has 0 unspecified atom stereocenters. The molecule has 1 amide bonds. The summed E-state index contributed by atoms with van der Waals surface area (Å²) in [6.45, 7) is 9.69. The van der Waals surface area contributed by atoms with Gasteiger partial charge in [-0.15, -0.1) is 0 Å². The van der Waals surface area contributed by atoms with Crippen molar-refractivity contribution in [2.24, 2.45) is 0 Å². The van der Waals surface area contributed by atoms with E-state index in [-0.39, 0.29) is 11.9 Å². The van der Waals surface area contributed by atoms with Gasteiger partial charge in [-0.2, -0.15) is 0 Å². The summed E-state index contributed by atoms with van der Waals surface area (Å²) in [5, 5.41) is 6.20. The zero-order valence-corrected chi connectivity index (χ0v) is 11.8. The monoisotopic (exact) mass is 248 g/mol. The van der Waals surface area contributed by atoms with Crippen LogP contribution in [0.2, 0.25) is 0 Å². The van der Waals surface area contributed by atoms with Gasteiger partial charge in [-0.1, -0.05) is 23.8 Å². The Bertz CT molecular complexity index is 399. The highest BCUT2D eigenvalue weighted by Gasteiger charge is 2.03. The molecule has 0 saturated heterocycles. The Balaban J connectivity index is 2.29. The number of carbonyl (C=O) groups excluding carboxylic acids is 1. The fourth-order valence-corrected chi connectivity index (χ4v) is 1.81. The van der Waals surface area contributed by atoms with E-state index in [1.165, 1.54) is 16.7 Å². The predicted octanol–water partition coefficient (Wildman–Crippen LogP) is 2.31. The number of hydrogen-bond acceptors (Lipinski definition) is 2. The third kappa shape index (κ3) is 5.32. The third-order valence-corrected chi connectivity index (χ3v) is 2.80. The van der Waals surface area contributed by atoms with Gasteiger partial charge in [0, 0.05) is 25.6 Å². The summed E-state index contributed by atoms with van der Waals surface area (Å²) in [5.41, 5.74) is 3.87. The zero-order valence-electron chi connectivity index (χ0n) is 11.8. The van der Waals surface area contributed by atoms with Crippen LogP contribution in [-0.4, -0.2) is 18.5 Å². The first-order chi connectivity index (χ1) is 8.49. The first-order valence-corrected chi connectivity index (χ1v) is 6.55. The lowest BCUT2D eigenvalue weighted by molar-refractivity contribution is -0.121. The number of aryl methyl sites for hydroxylation is 2. The molecule has 1 aromatic carbocycles. The van der Waals surface area contributed by atoms with Crippen LogP contribution in [-0.2, 0) is 11.3 Å². The minimum absolute atomic E-state index is 0.110. The van der Waals surface area contributed by atoms with Crippen LogP contribution in [0.25, 0.3) is 0 Å². The molecule has 2 N–H and O–H groups in total. The molecule has 0 aliphatic rings. The van der Waals surface area contributed by atoms with Crippen LogP contribution in [0.4, 0.5) is 0 Å². The molecule has 18 heavy (non-hydrogen) atoms. The fourth-order valence-electron chi connectivity index (χ4n) is 1.81. The van der Waals surface area contributed by atoms with Crippen LogP contribution < -0.4 is 10.6 Å². The molecule has 0 spiro atoms. The summed E-state index contributed by atoms with van der Waals surface area (Å²) in [5.74, 6) is 0.110. The maximum atomic E-state index is 11.4. The van der Waals surface area contributed by atoms with E-state index in [2.05, 4.69) is 42.7 Å². The van der Waals surface area contributed by atoms with Crippen LogP contribution in [0, 0.1) is 13.8 Å². The Hall–Kier alpha value is -1.35. The highest BCUT2D eigenvalue weighted by atomic mass is 16.1. The third-order valence-electron chi connectivity index (χ3n) is 2.80. The Kier molecular flexibility index (Phi) is 5.86. The molecule has 100 valence electrons. The van der Waals surface area contributed by atoms with Gasteiger partial charge in [0.05, 0.1) is 0 Å². The van der Waals surface area contributed by atoms with E-state index in [9.17, 15) is 4.79 Å². The van der Waals surface area contributed by atoms with Gasteiger partial charge in [0.2, 0.25) is 5.91 Å². The maximum absolute atomic E-state index is 11.4. The molecule has 0 aliphatic carbocycles. The summed E-state index contributed by atoms with van der Waals surface area (Å²) in [6, 6.07) is 6.67. The fraction of sp³-hybridized carbons (Fsp3) is 0.533. The molecule has 0 aromatic heterocycles. The molecular weight excluding hydrogens is 224 g/mol. The molecule has 0 bridgehead atoms. The van der Waals surface area contributed by atoms with Gasteiger partial charge in [-0.25, -0.2) is 0 Å². The lowest BCUT2D eigenvalue weighted by Gasteiger charge is -2.10. The summed E-state index contributed by atoms with van der Waals surface area (Å²) >= 11 is 0. The summed E-state index contributed by atoms with van der Waals surface area (Å²) < 4.78 is 0. The number of carbonyl (C=O) groups is 1. The molecule has 0 aliphatic heterocycles. The van der Waals surface area contributed by atoms with E-state index in [1.807, 2.05) is 13.8 Å². The van der Waals surface area contributed by atoms with Crippen molar-refractivity contribution < 1.29 is 4.79 Å². The Morgan fingerprint density at radius 2 is 2.00 bits per heavy atom. The van der Waals surface area contributed by atoms with Crippen molar-refractivity contribution in [2.45, 2.75) is 46.7 Å². The van der Waals surface area contributed by atoms with Crippen LogP contribution in [0.5, 0.6) is 0 Å².